The molecule has 0 saturated heterocycles. The lowest BCUT2D eigenvalue weighted by Gasteiger charge is -2.18. The van der Waals surface area contributed by atoms with Crippen molar-refractivity contribution in [2.24, 2.45) is 0 Å². The summed E-state index contributed by atoms with van der Waals surface area (Å²) in [6.45, 7) is 5.37. The van der Waals surface area contributed by atoms with Crippen molar-refractivity contribution in [2.75, 3.05) is 6.54 Å². The number of ether oxygens (including phenoxy) is 1. The number of hydrogen-bond acceptors (Lipinski definition) is 4. The van der Waals surface area contributed by atoms with Gasteiger partial charge in [-0.3, -0.25) is 10.1 Å². The molecule has 0 saturated carbocycles. The molecule has 1 rings (SSSR count). The van der Waals surface area contributed by atoms with E-state index in [9.17, 15) is 14.7 Å². The fraction of sp³-hybridized carbons (Fsp3) is 0.429. The van der Waals surface area contributed by atoms with Gasteiger partial charge in [-0.15, -0.1) is 0 Å². The number of benzene rings is 1. The van der Waals surface area contributed by atoms with Crippen LogP contribution in [0.2, 0.25) is 0 Å². The lowest BCUT2D eigenvalue weighted by molar-refractivity contribution is -0.126. The topological polar surface area (TPSA) is 87.7 Å². The second kappa shape index (κ2) is 7.49. The SMILES string of the molecule is CCNC(=O)NC(=O)C(C)Oc1c(C)cccc1CO. The first-order valence-electron chi connectivity index (χ1n) is 6.44. The van der Waals surface area contributed by atoms with Gasteiger partial charge in [-0.2, -0.15) is 0 Å². The Morgan fingerprint density at radius 1 is 1.40 bits per heavy atom. The van der Waals surface area contributed by atoms with Crippen LogP contribution < -0.4 is 15.4 Å². The monoisotopic (exact) mass is 280 g/mol. The maximum Gasteiger partial charge on any atom is 0.321 e. The van der Waals surface area contributed by atoms with E-state index in [1.165, 1.54) is 0 Å². The highest BCUT2D eigenvalue weighted by Crippen LogP contribution is 2.24. The van der Waals surface area contributed by atoms with Gasteiger partial charge in [-0.1, -0.05) is 18.2 Å². The standard InChI is InChI=1S/C14H20N2O4/c1-4-15-14(19)16-13(18)10(3)20-12-9(2)6-5-7-11(12)8-17/h5-7,10,17H,4,8H2,1-3H3,(H2,15,16,18,19). The van der Waals surface area contributed by atoms with E-state index in [2.05, 4.69) is 10.6 Å². The Hall–Kier alpha value is -2.08. The van der Waals surface area contributed by atoms with E-state index >= 15 is 0 Å². The molecular formula is C14H20N2O4. The summed E-state index contributed by atoms with van der Waals surface area (Å²) in [6.07, 6.45) is -0.844. The second-order valence-electron chi connectivity index (χ2n) is 4.33. The first kappa shape index (κ1) is 16.0. The normalized spacial score (nSPS) is 11.6. The smallest absolute Gasteiger partial charge is 0.321 e. The van der Waals surface area contributed by atoms with Gasteiger partial charge >= 0.3 is 6.03 Å². The van der Waals surface area contributed by atoms with Crippen LogP contribution in [0.3, 0.4) is 0 Å². The summed E-state index contributed by atoms with van der Waals surface area (Å²) >= 11 is 0. The van der Waals surface area contributed by atoms with Crippen molar-refractivity contribution in [1.29, 1.82) is 0 Å². The molecule has 0 aliphatic carbocycles. The van der Waals surface area contributed by atoms with Crippen LogP contribution in [0.25, 0.3) is 0 Å². The maximum atomic E-state index is 11.8. The number of nitrogens with one attached hydrogen (secondary N) is 2. The Labute approximate surface area is 118 Å². The van der Waals surface area contributed by atoms with Crippen LogP contribution in [-0.2, 0) is 11.4 Å². The molecule has 0 radical (unpaired) electrons. The summed E-state index contributed by atoms with van der Waals surface area (Å²) in [6, 6.07) is 4.78. The predicted molar refractivity (Wildman–Crippen MR) is 74.4 cm³/mol. The van der Waals surface area contributed by atoms with Gasteiger partial charge in [-0.05, 0) is 26.3 Å². The molecule has 6 nitrogen and oxygen atoms in total. The van der Waals surface area contributed by atoms with Crippen LogP contribution in [0, 0.1) is 6.92 Å². The number of aliphatic hydroxyl groups is 1. The number of carbonyl (C=O) groups excluding carboxylic acids is 2. The lowest BCUT2D eigenvalue weighted by atomic mass is 10.1. The molecule has 0 heterocycles. The van der Waals surface area contributed by atoms with Crippen molar-refractivity contribution < 1.29 is 19.4 Å². The highest BCUT2D eigenvalue weighted by atomic mass is 16.5. The molecule has 0 spiro atoms. The van der Waals surface area contributed by atoms with Crippen LogP contribution in [0.4, 0.5) is 4.79 Å². The molecule has 3 N–H and O–H groups in total. The number of rotatable bonds is 5. The predicted octanol–water partition coefficient (Wildman–Crippen LogP) is 1.10. The fourth-order valence-corrected chi connectivity index (χ4v) is 1.65. The van der Waals surface area contributed by atoms with Crippen molar-refractivity contribution in [3.05, 3.63) is 29.3 Å². The summed E-state index contributed by atoms with van der Waals surface area (Å²) in [4.78, 5) is 23.0. The van der Waals surface area contributed by atoms with Crippen LogP contribution in [0.1, 0.15) is 25.0 Å². The molecule has 6 heteroatoms. The van der Waals surface area contributed by atoms with E-state index < -0.39 is 18.0 Å². The number of aliphatic hydroxyl groups excluding tert-OH is 1. The quantitative estimate of drug-likeness (QED) is 0.753. The first-order chi connectivity index (χ1) is 9.49. The van der Waals surface area contributed by atoms with Crippen molar-refractivity contribution >= 4 is 11.9 Å². The first-order valence-corrected chi connectivity index (χ1v) is 6.44. The zero-order valence-corrected chi connectivity index (χ0v) is 11.9. The molecule has 0 bridgehead atoms. The summed E-state index contributed by atoms with van der Waals surface area (Å²) in [5.41, 5.74) is 1.41. The van der Waals surface area contributed by atoms with Gasteiger partial charge in [0.2, 0.25) is 0 Å². The number of aryl methyl sites for hydroxylation is 1. The molecule has 0 aliphatic heterocycles. The molecule has 1 aromatic carbocycles. The van der Waals surface area contributed by atoms with Crippen LogP contribution in [0.5, 0.6) is 5.75 Å². The zero-order valence-electron chi connectivity index (χ0n) is 11.9. The van der Waals surface area contributed by atoms with E-state index in [4.69, 9.17) is 4.74 Å². The van der Waals surface area contributed by atoms with Crippen LogP contribution in [-0.4, -0.2) is 29.7 Å². The largest absolute Gasteiger partial charge is 0.480 e. The molecule has 1 unspecified atom stereocenters. The third kappa shape index (κ3) is 4.24. The molecule has 110 valence electrons. The van der Waals surface area contributed by atoms with E-state index in [1.54, 1.807) is 26.0 Å². The van der Waals surface area contributed by atoms with Gasteiger partial charge in [0.25, 0.3) is 5.91 Å². The number of urea groups is 1. The van der Waals surface area contributed by atoms with Crippen molar-refractivity contribution in [3.8, 4) is 5.75 Å². The molecule has 3 amide bonds. The number of imide groups is 1. The maximum absolute atomic E-state index is 11.8. The van der Waals surface area contributed by atoms with Crippen molar-refractivity contribution in [3.63, 3.8) is 0 Å². The number of carbonyl (C=O) groups is 2. The fourth-order valence-electron chi connectivity index (χ4n) is 1.65. The molecule has 1 atom stereocenters. The van der Waals surface area contributed by atoms with Crippen molar-refractivity contribution in [1.82, 2.24) is 10.6 Å². The zero-order chi connectivity index (χ0) is 15.1. The Bertz CT molecular complexity index is 488. The Balaban J connectivity index is 2.73. The summed E-state index contributed by atoms with van der Waals surface area (Å²) < 4.78 is 5.56. The van der Waals surface area contributed by atoms with E-state index in [0.717, 1.165) is 5.56 Å². The second-order valence-corrected chi connectivity index (χ2v) is 4.33. The van der Waals surface area contributed by atoms with Crippen molar-refractivity contribution in [2.45, 2.75) is 33.5 Å². The Kier molecular flexibility index (Phi) is 5.99. The van der Waals surface area contributed by atoms with Gasteiger partial charge in [0.05, 0.1) is 6.61 Å². The Morgan fingerprint density at radius 3 is 2.70 bits per heavy atom. The van der Waals surface area contributed by atoms with Gasteiger partial charge in [0, 0.05) is 12.1 Å². The average molecular weight is 280 g/mol. The van der Waals surface area contributed by atoms with Crippen LogP contribution >= 0.6 is 0 Å². The summed E-state index contributed by atoms with van der Waals surface area (Å²) in [7, 11) is 0. The highest BCUT2D eigenvalue weighted by molar-refractivity contribution is 5.96. The van der Waals surface area contributed by atoms with Gasteiger partial charge in [0.15, 0.2) is 6.10 Å². The lowest BCUT2D eigenvalue weighted by Crippen LogP contribution is -2.45. The van der Waals surface area contributed by atoms with E-state index in [1.807, 2.05) is 13.0 Å². The van der Waals surface area contributed by atoms with Gasteiger partial charge in [0.1, 0.15) is 5.75 Å². The number of hydrogen-bond donors (Lipinski definition) is 3. The third-order valence-corrected chi connectivity index (χ3v) is 2.70. The van der Waals surface area contributed by atoms with E-state index in [-0.39, 0.29) is 6.61 Å². The minimum atomic E-state index is -0.844. The summed E-state index contributed by atoms with van der Waals surface area (Å²) in [5.74, 6) is -0.0726. The minimum absolute atomic E-state index is 0.179. The third-order valence-electron chi connectivity index (χ3n) is 2.70. The average Bonchev–Trinajstić information content (AvgIpc) is 2.41. The molecule has 0 aliphatic rings. The molecule has 0 aromatic heterocycles. The minimum Gasteiger partial charge on any atom is -0.480 e. The van der Waals surface area contributed by atoms with Gasteiger partial charge in [-0.25, -0.2) is 4.79 Å². The number of para-hydroxylation sites is 1. The molecule has 1 aromatic rings. The molecular weight excluding hydrogens is 260 g/mol. The molecule has 20 heavy (non-hydrogen) atoms. The highest BCUT2D eigenvalue weighted by Gasteiger charge is 2.19. The Morgan fingerprint density at radius 2 is 2.10 bits per heavy atom. The summed E-state index contributed by atoms with van der Waals surface area (Å²) in [5, 5.41) is 13.9. The molecule has 0 fully saturated rings. The number of amides is 3. The van der Waals surface area contributed by atoms with Gasteiger partial charge < -0.3 is 15.2 Å². The van der Waals surface area contributed by atoms with Crippen LogP contribution in [0.15, 0.2) is 18.2 Å². The van der Waals surface area contributed by atoms with E-state index in [0.29, 0.717) is 17.9 Å².